The molecule has 0 aliphatic carbocycles. The second kappa shape index (κ2) is 10.8. The van der Waals surface area contributed by atoms with Crippen LogP contribution >= 0.6 is 11.3 Å². The van der Waals surface area contributed by atoms with Gasteiger partial charge in [-0.25, -0.2) is 0 Å². The van der Waals surface area contributed by atoms with Crippen LogP contribution in [0, 0.1) is 6.92 Å². The van der Waals surface area contributed by atoms with Crippen molar-refractivity contribution in [2.45, 2.75) is 25.7 Å². The van der Waals surface area contributed by atoms with E-state index in [0.29, 0.717) is 11.4 Å². The molecule has 6 nitrogen and oxygen atoms in total. The van der Waals surface area contributed by atoms with Crippen LogP contribution in [0.5, 0.6) is 5.75 Å². The Hall–Kier alpha value is -2.18. The standard InChI is InChI=1S/C24H28F3N3O3S2/c1-17-21-5-3-4-6-22(21)34-23(17)30(35(31)32)16-19(29-13-11-28(2)12-14-29)15-18-7-9-20(10-8-18)33-24(25,26)27/h3-10,19H,11-16H2,1-2H3,(H,31,32)/p-1. The Morgan fingerprint density at radius 2 is 1.77 bits per heavy atom. The molecule has 35 heavy (non-hydrogen) atoms. The van der Waals surface area contributed by atoms with Crippen LogP contribution in [0.3, 0.4) is 0 Å². The second-order valence-electron chi connectivity index (χ2n) is 8.70. The number of thiophene rings is 1. The van der Waals surface area contributed by atoms with Crippen molar-refractivity contribution in [1.29, 1.82) is 0 Å². The maximum absolute atomic E-state index is 12.5. The van der Waals surface area contributed by atoms with Crippen LogP contribution in [-0.4, -0.2) is 70.7 Å². The summed E-state index contributed by atoms with van der Waals surface area (Å²) in [7, 11) is 2.05. The van der Waals surface area contributed by atoms with Gasteiger partial charge in [0.25, 0.3) is 0 Å². The first-order chi connectivity index (χ1) is 16.6. The minimum absolute atomic E-state index is 0.152. The molecule has 0 bridgehead atoms. The van der Waals surface area contributed by atoms with Gasteiger partial charge in [-0.2, -0.15) is 0 Å². The van der Waals surface area contributed by atoms with E-state index in [1.54, 1.807) is 12.1 Å². The van der Waals surface area contributed by atoms with Crippen LogP contribution < -0.4 is 9.04 Å². The predicted molar refractivity (Wildman–Crippen MR) is 133 cm³/mol. The monoisotopic (exact) mass is 526 g/mol. The van der Waals surface area contributed by atoms with Crippen molar-refractivity contribution in [1.82, 2.24) is 9.80 Å². The molecule has 4 rings (SSSR count). The number of hydrogen-bond donors (Lipinski definition) is 0. The summed E-state index contributed by atoms with van der Waals surface area (Å²) in [6, 6.07) is 13.5. The lowest BCUT2D eigenvalue weighted by Crippen LogP contribution is -2.53. The first kappa shape index (κ1) is 25.9. The number of halogens is 3. The normalized spacial score (nSPS) is 17.4. The summed E-state index contributed by atoms with van der Waals surface area (Å²) in [5, 5.41) is 1.71. The third-order valence-electron chi connectivity index (χ3n) is 6.28. The molecule has 0 spiro atoms. The molecular weight excluding hydrogens is 499 g/mol. The zero-order valence-corrected chi connectivity index (χ0v) is 21.1. The number of ether oxygens (including phenoxy) is 1. The Morgan fingerprint density at radius 3 is 2.37 bits per heavy atom. The Kier molecular flexibility index (Phi) is 8.02. The fourth-order valence-corrected chi connectivity index (χ4v) is 6.38. The molecule has 2 aromatic carbocycles. The molecule has 190 valence electrons. The molecule has 1 aromatic heterocycles. The fraction of sp³-hybridized carbons (Fsp3) is 0.417. The summed E-state index contributed by atoms with van der Waals surface area (Å²) in [4.78, 5) is 4.49. The number of rotatable bonds is 8. The van der Waals surface area contributed by atoms with Gasteiger partial charge < -0.3 is 14.2 Å². The van der Waals surface area contributed by atoms with Crippen molar-refractivity contribution in [2.75, 3.05) is 44.1 Å². The number of likely N-dealkylation sites (N-methyl/N-ethyl adjacent to an activating group) is 1. The largest absolute Gasteiger partial charge is 0.755 e. The van der Waals surface area contributed by atoms with E-state index in [0.717, 1.165) is 47.4 Å². The van der Waals surface area contributed by atoms with Crippen molar-refractivity contribution < 1.29 is 26.7 Å². The van der Waals surface area contributed by atoms with Gasteiger partial charge in [0, 0.05) is 54.7 Å². The van der Waals surface area contributed by atoms with Gasteiger partial charge in [0.05, 0.1) is 0 Å². The molecular formula is C24H27F3N3O3S2-. The molecule has 1 aliphatic heterocycles. The van der Waals surface area contributed by atoms with Crippen LogP contribution in [-0.2, 0) is 17.7 Å². The first-order valence-electron chi connectivity index (χ1n) is 11.2. The van der Waals surface area contributed by atoms with E-state index in [1.807, 2.05) is 38.2 Å². The maximum atomic E-state index is 12.5. The molecule has 11 heteroatoms. The lowest BCUT2D eigenvalue weighted by atomic mass is 10.0. The number of hydrogen-bond acceptors (Lipinski definition) is 6. The van der Waals surface area contributed by atoms with Crippen molar-refractivity contribution in [3.05, 3.63) is 59.7 Å². The quantitative estimate of drug-likeness (QED) is 0.403. The van der Waals surface area contributed by atoms with Crippen LogP contribution in [0.1, 0.15) is 11.1 Å². The fourth-order valence-electron chi connectivity index (χ4n) is 4.40. The predicted octanol–water partition coefficient (Wildman–Crippen LogP) is 4.57. The number of alkyl halides is 3. The summed E-state index contributed by atoms with van der Waals surface area (Å²) in [6.07, 6.45) is -4.25. The molecule has 0 amide bonds. The van der Waals surface area contributed by atoms with Gasteiger partial charge in [0.2, 0.25) is 0 Å². The summed E-state index contributed by atoms with van der Waals surface area (Å²) in [5.41, 5.74) is 1.73. The highest BCUT2D eigenvalue weighted by Gasteiger charge is 2.31. The summed E-state index contributed by atoms with van der Waals surface area (Å²) >= 11 is -1.04. The Balaban J connectivity index is 1.60. The van der Waals surface area contributed by atoms with Crippen molar-refractivity contribution in [3.63, 3.8) is 0 Å². The molecule has 3 aromatic rings. The van der Waals surface area contributed by atoms with Gasteiger partial charge in [-0.3, -0.25) is 13.4 Å². The Bertz CT molecular complexity index is 1160. The van der Waals surface area contributed by atoms with Crippen LogP contribution in [0.4, 0.5) is 18.2 Å². The van der Waals surface area contributed by atoms with E-state index in [1.165, 1.54) is 27.8 Å². The summed E-state index contributed by atoms with van der Waals surface area (Å²) in [6.45, 7) is 5.45. The molecule has 1 fully saturated rings. The van der Waals surface area contributed by atoms with Gasteiger partial charge >= 0.3 is 6.36 Å². The number of aryl methyl sites for hydroxylation is 1. The van der Waals surface area contributed by atoms with E-state index < -0.39 is 17.6 Å². The number of piperazine rings is 1. The van der Waals surface area contributed by atoms with Crippen LogP contribution in [0.2, 0.25) is 0 Å². The van der Waals surface area contributed by atoms with Crippen molar-refractivity contribution in [2.24, 2.45) is 0 Å². The number of nitrogens with zero attached hydrogens (tertiary/aromatic N) is 3. The summed E-state index contributed by atoms with van der Waals surface area (Å²) in [5.74, 6) is -0.277. The molecule has 2 unspecified atom stereocenters. The topological polar surface area (TPSA) is 59.1 Å². The van der Waals surface area contributed by atoms with Crippen molar-refractivity contribution in [3.8, 4) is 5.75 Å². The van der Waals surface area contributed by atoms with E-state index in [-0.39, 0.29) is 18.3 Å². The number of fused-ring (bicyclic) bond motifs is 1. The third-order valence-corrected chi connectivity index (χ3v) is 8.39. The lowest BCUT2D eigenvalue weighted by molar-refractivity contribution is -0.274. The average Bonchev–Trinajstić information content (AvgIpc) is 3.13. The molecule has 1 aliphatic rings. The minimum Gasteiger partial charge on any atom is -0.755 e. The average molecular weight is 527 g/mol. The first-order valence-corrected chi connectivity index (χ1v) is 13.1. The highest BCUT2D eigenvalue weighted by molar-refractivity contribution is 7.81. The number of benzene rings is 2. The van der Waals surface area contributed by atoms with Crippen molar-refractivity contribution >= 4 is 37.7 Å². The smallest absolute Gasteiger partial charge is 0.573 e. The minimum atomic E-state index is -4.75. The highest BCUT2D eigenvalue weighted by atomic mass is 32.2. The molecule has 0 N–H and O–H groups in total. The SMILES string of the molecule is Cc1c(N(CC(Cc2ccc(OC(F)(F)F)cc2)N2CCN(C)CC2)S(=O)[O-])sc2ccccc12. The van der Waals surface area contributed by atoms with E-state index in [9.17, 15) is 21.9 Å². The lowest BCUT2D eigenvalue weighted by Gasteiger charge is -2.40. The molecule has 2 atom stereocenters. The van der Waals surface area contributed by atoms with E-state index in [2.05, 4.69) is 14.5 Å². The molecule has 0 saturated carbocycles. The van der Waals surface area contributed by atoms with Crippen LogP contribution in [0.25, 0.3) is 10.1 Å². The Morgan fingerprint density at radius 1 is 1.11 bits per heavy atom. The van der Waals surface area contributed by atoms with E-state index in [4.69, 9.17) is 0 Å². The van der Waals surface area contributed by atoms with Gasteiger partial charge in [-0.15, -0.1) is 24.5 Å². The zero-order chi connectivity index (χ0) is 25.2. The Labute approximate surface area is 209 Å². The molecule has 0 radical (unpaired) electrons. The second-order valence-corrected chi connectivity index (χ2v) is 10.6. The van der Waals surface area contributed by atoms with Gasteiger partial charge in [0.15, 0.2) is 0 Å². The van der Waals surface area contributed by atoms with Gasteiger partial charge in [-0.1, -0.05) is 30.3 Å². The zero-order valence-electron chi connectivity index (χ0n) is 19.5. The van der Waals surface area contributed by atoms with E-state index >= 15 is 0 Å². The molecule has 1 saturated heterocycles. The van der Waals surface area contributed by atoms with Crippen LogP contribution in [0.15, 0.2) is 48.5 Å². The highest BCUT2D eigenvalue weighted by Crippen LogP contribution is 2.38. The van der Waals surface area contributed by atoms with Gasteiger partial charge in [0.1, 0.15) is 10.8 Å². The summed E-state index contributed by atoms with van der Waals surface area (Å²) < 4.78 is 68.8. The maximum Gasteiger partial charge on any atom is 0.573 e. The third kappa shape index (κ3) is 6.53. The number of anilines is 1. The van der Waals surface area contributed by atoms with Gasteiger partial charge in [-0.05, 0) is 55.1 Å². The molecule has 2 heterocycles.